The van der Waals surface area contributed by atoms with Gasteiger partial charge in [-0.2, -0.15) is 8.42 Å². The highest BCUT2D eigenvalue weighted by Gasteiger charge is 2.21. The molecule has 0 unspecified atom stereocenters. The van der Waals surface area contributed by atoms with Gasteiger partial charge in [0.2, 0.25) is 5.39 Å². The zero-order valence-corrected chi connectivity index (χ0v) is 10.4. The maximum absolute atomic E-state index is 11.9. The van der Waals surface area contributed by atoms with E-state index in [9.17, 15) is 13.5 Å². The number of rotatable bonds is 3. The van der Waals surface area contributed by atoms with Crippen molar-refractivity contribution < 1.29 is 17.7 Å². The first-order valence-electron chi connectivity index (χ1n) is 5.18. The van der Waals surface area contributed by atoms with E-state index < -0.39 is 20.8 Å². The second kappa shape index (κ2) is 4.96. The zero-order chi connectivity index (χ0) is 13.9. The monoisotopic (exact) mass is 276 g/mol. The molecular formula is C12H8N2O4S. The van der Waals surface area contributed by atoms with Crippen LogP contribution in [0.25, 0.3) is 4.98 Å². The molecule has 0 saturated carbocycles. The van der Waals surface area contributed by atoms with Crippen molar-refractivity contribution in [2.45, 2.75) is 4.90 Å². The van der Waals surface area contributed by atoms with Gasteiger partial charge in [-0.3, -0.25) is 0 Å². The lowest BCUT2D eigenvalue weighted by Gasteiger charge is -2.12. The van der Waals surface area contributed by atoms with E-state index in [4.69, 9.17) is 9.58 Å². The first kappa shape index (κ1) is 12.9. The quantitative estimate of drug-likeness (QED) is 0.631. The maximum atomic E-state index is 11.9. The molecule has 0 radical (unpaired) electrons. The van der Waals surface area contributed by atoms with Gasteiger partial charge in [0.1, 0.15) is 10.6 Å². The lowest BCUT2D eigenvalue weighted by atomic mass is 10.3. The van der Waals surface area contributed by atoms with E-state index in [2.05, 4.69) is 4.98 Å². The van der Waals surface area contributed by atoms with Crippen LogP contribution in [0.5, 0.6) is 11.5 Å². The molecule has 6 nitrogen and oxygen atoms in total. The Morgan fingerprint density at radius 1 is 1.11 bits per heavy atom. The Labute approximate surface area is 109 Å². The van der Waals surface area contributed by atoms with Gasteiger partial charge in [-0.05, 0) is 12.1 Å². The van der Waals surface area contributed by atoms with Crippen molar-refractivity contribution in [3.8, 4) is 11.5 Å². The number of nitrogens with zero attached hydrogens (tertiary/aromatic N) is 2. The van der Waals surface area contributed by atoms with Crippen LogP contribution >= 0.6 is 0 Å². The fourth-order valence-electron chi connectivity index (χ4n) is 1.40. The number of diazo groups is 1. The molecule has 0 saturated heterocycles. The molecule has 0 amide bonds. The third-order valence-electron chi connectivity index (χ3n) is 2.26. The minimum Gasteiger partial charge on any atom is -0.871 e. The summed E-state index contributed by atoms with van der Waals surface area (Å²) in [4.78, 5) is 2.26. The minimum absolute atomic E-state index is 0.0464. The van der Waals surface area contributed by atoms with Crippen molar-refractivity contribution >= 4 is 15.8 Å². The summed E-state index contributed by atoms with van der Waals surface area (Å²) in [6.07, 6.45) is 0. The van der Waals surface area contributed by atoms with Crippen LogP contribution in [0, 0.1) is 5.39 Å². The Morgan fingerprint density at radius 2 is 1.79 bits per heavy atom. The Bertz CT molecular complexity index is 736. The zero-order valence-electron chi connectivity index (χ0n) is 9.55. The van der Waals surface area contributed by atoms with E-state index in [1.54, 1.807) is 18.2 Å². The number of benzene rings is 2. The average molecular weight is 276 g/mol. The predicted octanol–water partition coefficient (Wildman–Crippen LogP) is 2.01. The molecule has 0 aliphatic rings. The Kier molecular flexibility index (Phi) is 3.35. The van der Waals surface area contributed by atoms with Crippen molar-refractivity contribution in [3.05, 3.63) is 53.5 Å². The average Bonchev–Trinajstić information content (AvgIpc) is 2.39. The molecule has 0 N–H and O–H groups in total. The van der Waals surface area contributed by atoms with E-state index in [0.29, 0.717) is 0 Å². The fourth-order valence-corrected chi connectivity index (χ4v) is 2.44. The van der Waals surface area contributed by atoms with Crippen LogP contribution in [0.15, 0.2) is 53.4 Å². The molecule has 2 aromatic carbocycles. The van der Waals surface area contributed by atoms with E-state index in [1.165, 1.54) is 18.2 Å². The van der Waals surface area contributed by atoms with Gasteiger partial charge in [-0.25, -0.2) is 0 Å². The molecule has 0 heterocycles. The molecule has 0 aliphatic carbocycles. The summed E-state index contributed by atoms with van der Waals surface area (Å²) in [5.74, 6) is -0.642. The van der Waals surface area contributed by atoms with Crippen LogP contribution in [0.2, 0.25) is 0 Å². The van der Waals surface area contributed by atoms with Crippen LogP contribution in [-0.2, 0) is 10.1 Å². The molecule has 2 aromatic rings. The van der Waals surface area contributed by atoms with Crippen molar-refractivity contribution in [1.82, 2.24) is 0 Å². The third kappa shape index (κ3) is 2.81. The van der Waals surface area contributed by atoms with Gasteiger partial charge >= 0.3 is 15.8 Å². The topological polar surface area (TPSA) is 94.6 Å². The summed E-state index contributed by atoms with van der Waals surface area (Å²) in [7, 11) is -4.26. The molecule has 0 bridgehead atoms. The number of para-hydroxylation sites is 1. The van der Waals surface area contributed by atoms with Crippen molar-refractivity contribution in [2.24, 2.45) is 0 Å². The van der Waals surface area contributed by atoms with Crippen molar-refractivity contribution in [3.63, 3.8) is 0 Å². The molecule has 0 spiro atoms. The molecule has 0 fully saturated rings. The van der Waals surface area contributed by atoms with Crippen LogP contribution in [0.1, 0.15) is 0 Å². The summed E-state index contributed by atoms with van der Waals surface area (Å²) in [5, 5.41) is 20.1. The van der Waals surface area contributed by atoms with Crippen LogP contribution < -0.4 is 9.29 Å². The summed E-state index contributed by atoms with van der Waals surface area (Å²) < 4.78 is 28.7. The fraction of sp³-hybridized carbons (Fsp3) is 0. The largest absolute Gasteiger partial charge is 0.871 e. The van der Waals surface area contributed by atoms with Crippen LogP contribution in [0.4, 0.5) is 5.69 Å². The lowest BCUT2D eigenvalue weighted by molar-refractivity contribution is -0.272. The number of hydrogen-bond donors (Lipinski definition) is 0. The smallest absolute Gasteiger partial charge is 0.386 e. The SMILES string of the molecule is N#[N+]c1ccc([O-])c(S(=O)(=O)Oc2ccccc2)c1. The maximum Gasteiger partial charge on any atom is 0.386 e. The summed E-state index contributed by atoms with van der Waals surface area (Å²) in [6.45, 7) is 0. The van der Waals surface area contributed by atoms with Gasteiger partial charge in [0.05, 0.1) is 6.07 Å². The first-order valence-corrected chi connectivity index (χ1v) is 6.59. The highest BCUT2D eigenvalue weighted by Crippen LogP contribution is 2.28. The molecule has 2 rings (SSSR count). The Morgan fingerprint density at radius 3 is 2.42 bits per heavy atom. The van der Waals surface area contributed by atoms with Gasteiger partial charge in [0.15, 0.2) is 4.98 Å². The van der Waals surface area contributed by atoms with Gasteiger partial charge in [-0.15, -0.1) is 0 Å². The van der Waals surface area contributed by atoms with E-state index in [1.807, 2.05) is 0 Å². The van der Waals surface area contributed by atoms with Crippen LogP contribution in [0.3, 0.4) is 0 Å². The predicted molar refractivity (Wildman–Crippen MR) is 64.9 cm³/mol. The Balaban J connectivity index is 2.43. The minimum atomic E-state index is -4.26. The van der Waals surface area contributed by atoms with Crippen molar-refractivity contribution in [2.75, 3.05) is 0 Å². The second-order valence-corrected chi connectivity index (χ2v) is 5.10. The molecule has 0 aliphatic heterocycles. The summed E-state index contributed by atoms with van der Waals surface area (Å²) in [6, 6.07) is 10.9. The lowest BCUT2D eigenvalue weighted by Crippen LogP contribution is -2.12. The normalized spacial score (nSPS) is 10.7. The molecule has 96 valence electrons. The van der Waals surface area contributed by atoms with Gasteiger partial charge in [0, 0.05) is 6.07 Å². The summed E-state index contributed by atoms with van der Waals surface area (Å²) >= 11 is 0. The van der Waals surface area contributed by atoms with Gasteiger partial charge in [-0.1, -0.05) is 30.0 Å². The molecule has 0 aromatic heterocycles. The van der Waals surface area contributed by atoms with Gasteiger partial charge < -0.3 is 9.29 Å². The summed E-state index contributed by atoms with van der Waals surface area (Å²) in [5.41, 5.74) is -0.0464. The van der Waals surface area contributed by atoms with E-state index in [-0.39, 0.29) is 11.4 Å². The standard InChI is InChI=1S/C12H8N2O4S/c13-14-9-6-7-11(15)12(8-9)19(16,17)18-10-4-2-1-3-5-10/h1-8H. The number of hydrogen-bond acceptors (Lipinski definition) is 5. The van der Waals surface area contributed by atoms with E-state index in [0.717, 1.165) is 12.1 Å². The molecule has 19 heavy (non-hydrogen) atoms. The highest BCUT2D eigenvalue weighted by atomic mass is 32.2. The second-order valence-electron chi connectivity index (χ2n) is 3.58. The van der Waals surface area contributed by atoms with Gasteiger partial charge in [0.25, 0.3) is 0 Å². The third-order valence-corrected chi connectivity index (χ3v) is 3.53. The van der Waals surface area contributed by atoms with Crippen molar-refractivity contribution in [1.29, 1.82) is 5.39 Å². The highest BCUT2D eigenvalue weighted by molar-refractivity contribution is 7.87. The molecule has 0 atom stereocenters. The Hall–Kier alpha value is -2.59. The molecular weight excluding hydrogens is 268 g/mol. The molecule has 7 heteroatoms. The first-order chi connectivity index (χ1) is 9.03. The van der Waals surface area contributed by atoms with Crippen LogP contribution in [-0.4, -0.2) is 8.42 Å². The van der Waals surface area contributed by atoms with E-state index >= 15 is 0 Å².